The highest BCUT2D eigenvalue weighted by atomic mass is 32.1. The number of rotatable bonds is 4. The van der Waals surface area contributed by atoms with Crippen molar-refractivity contribution in [3.63, 3.8) is 0 Å². The van der Waals surface area contributed by atoms with Crippen LogP contribution in [0.15, 0.2) is 41.9 Å². The quantitative estimate of drug-likeness (QED) is 0.743. The Bertz CT molecular complexity index is 750. The molecule has 0 aliphatic carbocycles. The Balaban J connectivity index is 1.48. The monoisotopic (exact) mass is 382 g/mol. The Hall–Kier alpha value is -2.35. The molecule has 1 aliphatic heterocycles. The van der Waals surface area contributed by atoms with Crippen LogP contribution in [0.2, 0.25) is 0 Å². The van der Waals surface area contributed by atoms with Crippen molar-refractivity contribution in [3.05, 3.63) is 52.4 Å². The first-order valence-corrected chi connectivity index (χ1v) is 9.00. The molecule has 0 N–H and O–H groups in total. The number of halogens is 3. The van der Waals surface area contributed by atoms with Gasteiger partial charge in [0.05, 0.1) is 5.56 Å². The summed E-state index contributed by atoms with van der Waals surface area (Å²) in [4.78, 5) is 18.7. The number of aromatic nitrogens is 1. The molecule has 0 radical (unpaired) electrons. The minimum atomic E-state index is -4.41. The SMILES string of the molecule is O=C(/C=C/c1cccs1)N1CCC(Oc2ccc(C(F)(F)F)cn2)CC1. The molecular weight excluding hydrogens is 365 g/mol. The maximum absolute atomic E-state index is 12.5. The third-order valence-corrected chi connectivity index (χ3v) is 4.88. The van der Waals surface area contributed by atoms with Crippen LogP contribution < -0.4 is 4.74 Å². The molecule has 1 aliphatic rings. The van der Waals surface area contributed by atoms with E-state index in [1.165, 1.54) is 6.07 Å². The molecule has 4 nitrogen and oxygen atoms in total. The number of carbonyl (C=O) groups excluding carboxylic acids is 1. The van der Waals surface area contributed by atoms with Crippen LogP contribution in [0.4, 0.5) is 13.2 Å². The second kappa shape index (κ2) is 7.90. The minimum Gasteiger partial charge on any atom is -0.474 e. The van der Waals surface area contributed by atoms with Crippen LogP contribution in [-0.4, -0.2) is 35.0 Å². The van der Waals surface area contributed by atoms with Crippen molar-refractivity contribution in [2.24, 2.45) is 0 Å². The summed E-state index contributed by atoms with van der Waals surface area (Å²) in [5, 5.41) is 1.95. The third kappa shape index (κ3) is 4.85. The molecular formula is C18H17F3N2O2S. The van der Waals surface area contributed by atoms with Crippen molar-refractivity contribution in [1.82, 2.24) is 9.88 Å². The molecule has 138 valence electrons. The Labute approximate surface area is 152 Å². The minimum absolute atomic E-state index is 0.0514. The highest BCUT2D eigenvalue weighted by molar-refractivity contribution is 7.10. The van der Waals surface area contributed by atoms with Crippen molar-refractivity contribution in [3.8, 4) is 5.88 Å². The maximum Gasteiger partial charge on any atom is 0.417 e. The summed E-state index contributed by atoms with van der Waals surface area (Å²) < 4.78 is 43.2. The predicted octanol–water partition coefficient (Wildman–Crippen LogP) is 4.25. The van der Waals surface area contributed by atoms with Gasteiger partial charge in [0.15, 0.2) is 0 Å². The fraction of sp³-hybridized carbons (Fsp3) is 0.333. The van der Waals surface area contributed by atoms with Crippen molar-refractivity contribution in [2.45, 2.75) is 25.1 Å². The second-order valence-corrected chi connectivity index (χ2v) is 6.85. The molecule has 0 aromatic carbocycles. The van der Waals surface area contributed by atoms with E-state index in [4.69, 9.17) is 4.74 Å². The fourth-order valence-electron chi connectivity index (χ4n) is 2.63. The number of thiophene rings is 1. The molecule has 0 unspecified atom stereocenters. The van der Waals surface area contributed by atoms with Gasteiger partial charge in [0.1, 0.15) is 6.10 Å². The number of nitrogens with zero attached hydrogens (tertiary/aromatic N) is 2. The number of pyridine rings is 1. The highest BCUT2D eigenvalue weighted by Gasteiger charge is 2.31. The summed E-state index contributed by atoms with van der Waals surface area (Å²) in [6.45, 7) is 1.08. The lowest BCUT2D eigenvalue weighted by atomic mass is 10.1. The normalized spacial score (nSPS) is 16.2. The van der Waals surface area contributed by atoms with Gasteiger partial charge in [-0.3, -0.25) is 4.79 Å². The van der Waals surface area contributed by atoms with Gasteiger partial charge in [-0.1, -0.05) is 6.07 Å². The van der Waals surface area contributed by atoms with Crippen LogP contribution in [0.1, 0.15) is 23.3 Å². The summed E-state index contributed by atoms with van der Waals surface area (Å²) in [5.74, 6) is 0.116. The first-order chi connectivity index (χ1) is 12.4. The molecule has 0 atom stereocenters. The van der Waals surface area contributed by atoms with Crippen molar-refractivity contribution in [2.75, 3.05) is 13.1 Å². The fourth-order valence-corrected chi connectivity index (χ4v) is 3.25. The molecule has 2 aromatic heterocycles. The molecule has 3 heterocycles. The van der Waals surface area contributed by atoms with E-state index in [0.717, 1.165) is 17.1 Å². The van der Waals surface area contributed by atoms with Crippen LogP contribution in [0.25, 0.3) is 6.08 Å². The zero-order valence-electron chi connectivity index (χ0n) is 13.8. The average molecular weight is 382 g/mol. The molecule has 3 rings (SSSR count). The van der Waals surface area contributed by atoms with Gasteiger partial charge in [0.2, 0.25) is 11.8 Å². The Morgan fingerprint density at radius 2 is 2.04 bits per heavy atom. The van der Waals surface area contributed by atoms with E-state index < -0.39 is 11.7 Å². The van der Waals surface area contributed by atoms with E-state index in [2.05, 4.69) is 4.98 Å². The number of carbonyl (C=O) groups is 1. The third-order valence-electron chi connectivity index (χ3n) is 4.04. The Morgan fingerprint density at radius 3 is 2.62 bits per heavy atom. The number of piperidine rings is 1. The lowest BCUT2D eigenvalue weighted by molar-refractivity contribution is -0.137. The average Bonchev–Trinajstić information content (AvgIpc) is 3.13. The first-order valence-electron chi connectivity index (χ1n) is 8.12. The van der Waals surface area contributed by atoms with Crippen LogP contribution in [0, 0.1) is 0 Å². The molecule has 2 aromatic rings. The maximum atomic E-state index is 12.5. The number of hydrogen-bond donors (Lipinski definition) is 0. The summed E-state index contributed by atoms with van der Waals surface area (Å²) >= 11 is 1.56. The lowest BCUT2D eigenvalue weighted by Crippen LogP contribution is -2.41. The van der Waals surface area contributed by atoms with Gasteiger partial charge in [0.25, 0.3) is 0 Å². The van der Waals surface area contributed by atoms with Crippen molar-refractivity contribution >= 4 is 23.3 Å². The van der Waals surface area contributed by atoms with E-state index in [9.17, 15) is 18.0 Å². The number of ether oxygens (including phenoxy) is 1. The van der Waals surface area contributed by atoms with E-state index in [1.807, 2.05) is 17.5 Å². The lowest BCUT2D eigenvalue weighted by Gasteiger charge is -2.31. The van der Waals surface area contributed by atoms with Gasteiger partial charge >= 0.3 is 6.18 Å². The van der Waals surface area contributed by atoms with E-state index in [-0.39, 0.29) is 17.9 Å². The van der Waals surface area contributed by atoms with E-state index in [0.29, 0.717) is 25.9 Å². The van der Waals surface area contributed by atoms with E-state index >= 15 is 0 Å². The van der Waals surface area contributed by atoms with Gasteiger partial charge in [-0.25, -0.2) is 4.98 Å². The molecule has 0 bridgehead atoms. The topological polar surface area (TPSA) is 42.4 Å². The zero-order valence-corrected chi connectivity index (χ0v) is 14.6. The van der Waals surface area contributed by atoms with Gasteiger partial charge in [-0.05, 0) is 23.6 Å². The summed E-state index contributed by atoms with van der Waals surface area (Å²) in [5.41, 5.74) is -0.803. The molecule has 1 amide bonds. The van der Waals surface area contributed by atoms with E-state index in [1.54, 1.807) is 28.4 Å². The van der Waals surface area contributed by atoms with Crippen LogP contribution in [0.3, 0.4) is 0 Å². The summed E-state index contributed by atoms with van der Waals surface area (Å²) in [6, 6.07) is 6.04. The molecule has 1 fully saturated rings. The second-order valence-electron chi connectivity index (χ2n) is 5.87. The first kappa shape index (κ1) is 18.4. The standard InChI is InChI=1S/C18H17F3N2O2S/c19-18(20,21)13-3-5-16(22-12-13)25-14-7-9-23(10-8-14)17(24)6-4-15-2-1-11-26-15/h1-6,11-12,14H,7-10H2/b6-4+. The summed E-state index contributed by atoms with van der Waals surface area (Å²) in [7, 11) is 0. The van der Waals surface area contributed by atoms with Gasteiger partial charge in [-0.2, -0.15) is 13.2 Å². The zero-order chi connectivity index (χ0) is 18.6. The van der Waals surface area contributed by atoms with Gasteiger partial charge in [0, 0.05) is 49.1 Å². The Kier molecular flexibility index (Phi) is 5.61. The number of alkyl halides is 3. The molecule has 0 saturated carbocycles. The highest BCUT2D eigenvalue weighted by Crippen LogP contribution is 2.29. The number of hydrogen-bond acceptors (Lipinski definition) is 4. The largest absolute Gasteiger partial charge is 0.474 e. The van der Waals surface area contributed by atoms with Crippen LogP contribution in [-0.2, 0) is 11.0 Å². The van der Waals surface area contributed by atoms with Gasteiger partial charge in [-0.15, -0.1) is 11.3 Å². The molecule has 1 saturated heterocycles. The smallest absolute Gasteiger partial charge is 0.417 e. The van der Waals surface area contributed by atoms with Gasteiger partial charge < -0.3 is 9.64 Å². The van der Waals surface area contributed by atoms with Crippen molar-refractivity contribution < 1.29 is 22.7 Å². The number of likely N-dealkylation sites (tertiary alicyclic amines) is 1. The molecule has 26 heavy (non-hydrogen) atoms. The Morgan fingerprint density at radius 1 is 1.27 bits per heavy atom. The molecule has 8 heteroatoms. The number of amides is 1. The molecule has 0 spiro atoms. The summed E-state index contributed by atoms with van der Waals surface area (Å²) in [6.07, 6.45) is 0.774. The predicted molar refractivity (Wildman–Crippen MR) is 92.8 cm³/mol. The van der Waals surface area contributed by atoms with Crippen molar-refractivity contribution in [1.29, 1.82) is 0 Å². The van der Waals surface area contributed by atoms with Crippen LogP contribution in [0.5, 0.6) is 5.88 Å². The van der Waals surface area contributed by atoms with Crippen LogP contribution >= 0.6 is 11.3 Å².